The molecule has 2 bridgehead atoms. The van der Waals surface area contributed by atoms with Gasteiger partial charge in [-0.25, -0.2) is 0 Å². The summed E-state index contributed by atoms with van der Waals surface area (Å²) >= 11 is 0. The highest BCUT2D eigenvalue weighted by molar-refractivity contribution is 5.90. The molecule has 1 aromatic heterocycles. The van der Waals surface area contributed by atoms with Crippen LogP contribution in [0.4, 0.5) is 6.01 Å². The molecule has 3 fully saturated rings. The lowest BCUT2D eigenvalue weighted by molar-refractivity contribution is -0.119. The molecule has 21 heavy (non-hydrogen) atoms. The highest BCUT2D eigenvalue weighted by atomic mass is 16.4. The van der Waals surface area contributed by atoms with Crippen molar-refractivity contribution >= 4 is 11.9 Å². The first kappa shape index (κ1) is 13.2. The van der Waals surface area contributed by atoms with Crippen LogP contribution in [0.3, 0.4) is 0 Å². The molecule has 0 spiro atoms. The van der Waals surface area contributed by atoms with Crippen molar-refractivity contribution in [3.63, 3.8) is 0 Å². The molecule has 2 atom stereocenters. The van der Waals surface area contributed by atoms with Gasteiger partial charge in [-0.15, -0.1) is 5.10 Å². The van der Waals surface area contributed by atoms with Crippen molar-refractivity contribution in [2.24, 2.45) is 0 Å². The number of aliphatic hydroxyl groups excluding tert-OH is 1. The summed E-state index contributed by atoms with van der Waals surface area (Å²) in [5.74, 6) is 0.906. The van der Waals surface area contributed by atoms with Crippen LogP contribution in [-0.2, 0) is 4.79 Å². The summed E-state index contributed by atoms with van der Waals surface area (Å²) in [6.45, 7) is 0.337. The quantitative estimate of drug-likeness (QED) is 0.855. The van der Waals surface area contributed by atoms with Crippen LogP contribution in [0.15, 0.2) is 4.42 Å². The monoisotopic (exact) mass is 292 g/mol. The Morgan fingerprint density at radius 2 is 1.95 bits per heavy atom. The van der Waals surface area contributed by atoms with Crippen LogP contribution in [0.25, 0.3) is 0 Å². The third-order valence-electron chi connectivity index (χ3n) is 4.80. The lowest BCUT2D eigenvalue weighted by Crippen LogP contribution is -2.47. The Morgan fingerprint density at radius 3 is 2.62 bits per heavy atom. The average Bonchev–Trinajstić information content (AvgIpc) is 3.15. The minimum atomic E-state index is -0.209. The predicted octanol–water partition coefficient (Wildman–Crippen LogP) is 0.873. The van der Waals surface area contributed by atoms with Crippen molar-refractivity contribution in [2.75, 3.05) is 11.9 Å². The normalized spacial score (nSPS) is 32.3. The maximum atomic E-state index is 12.1. The van der Waals surface area contributed by atoms with E-state index in [9.17, 15) is 9.90 Å². The largest absolute Gasteiger partial charge is 0.408 e. The lowest BCUT2D eigenvalue weighted by atomic mass is 10.00. The van der Waals surface area contributed by atoms with Gasteiger partial charge in [-0.2, -0.15) is 0 Å². The zero-order valence-electron chi connectivity index (χ0n) is 11.9. The van der Waals surface area contributed by atoms with Gasteiger partial charge in [-0.3, -0.25) is 15.0 Å². The first-order valence-corrected chi connectivity index (χ1v) is 7.76. The van der Waals surface area contributed by atoms with Gasteiger partial charge in [0.2, 0.25) is 11.8 Å². The molecule has 0 aromatic carbocycles. The SMILES string of the molecule is O=C(CN1C2CCC1CC(O)C2)Nc1nnc(C2CC2)o1. The lowest BCUT2D eigenvalue weighted by Gasteiger charge is -2.36. The van der Waals surface area contributed by atoms with E-state index in [1.165, 1.54) is 0 Å². The molecule has 1 aromatic rings. The molecule has 7 nitrogen and oxygen atoms in total. The van der Waals surface area contributed by atoms with Crippen LogP contribution in [0, 0.1) is 0 Å². The number of hydrogen-bond donors (Lipinski definition) is 2. The third kappa shape index (κ3) is 2.67. The second-order valence-corrected chi connectivity index (χ2v) is 6.45. The van der Waals surface area contributed by atoms with Gasteiger partial charge in [0, 0.05) is 18.0 Å². The Morgan fingerprint density at radius 1 is 1.24 bits per heavy atom. The number of hydrogen-bond acceptors (Lipinski definition) is 6. The Balaban J connectivity index is 1.35. The van der Waals surface area contributed by atoms with Gasteiger partial charge in [0.1, 0.15) is 0 Å². The zero-order chi connectivity index (χ0) is 14.4. The highest BCUT2D eigenvalue weighted by Crippen LogP contribution is 2.39. The molecule has 3 aliphatic rings. The number of carbonyl (C=O) groups excluding carboxylic acids is 1. The van der Waals surface area contributed by atoms with Gasteiger partial charge >= 0.3 is 6.01 Å². The minimum absolute atomic E-state index is 0.116. The van der Waals surface area contributed by atoms with E-state index in [-0.39, 0.29) is 18.0 Å². The molecule has 0 radical (unpaired) electrons. The number of rotatable bonds is 4. The van der Waals surface area contributed by atoms with E-state index in [0.29, 0.717) is 30.4 Å². The second-order valence-electron chi connectivity index (χ2n) is 6.45. The first-order valence-electron chi connectivity index (χ1n) is 7.76. The molecule has 1 aliphatic carbocycles. The van der Waals surface area contributed by atoms with Crippen molar-refractivity contribution in [3.05, 3.63) is 5.89 Å². The van der Waals surface area contributed by atoms with Crippen molar-refractivity contribution in [1.82, 2.24) is 15.1 Å². The van der Waals surface area contributed by atoms with Crippen molar-refractivity contribution in [2.45, 2.75) is 62.6 Å². The van der Waals surface area contributed by atoms with Crippen LogP contribution >= 0.6 is 0 Å². The molecule has 3 heterocycles. The third-order valence-corrected chi connectivity index (χ3v) is 4.80. The van der Waals surface area contributed by atoms with E-state index >= 15 is 0 Å². The van der Waals surface area contributed by atoms with Gasteiger partial charge in [0.25, 0.3) is 0 Å². The zero-order valence-corrected chi connectivity index (χ0v) is 11.9. The second kappa shape index (κ2) is 5.06. The van der Waals surface area contributed by atoms with Gasteiger partial charge < -0.3 is 9.52 Å². The molecular formula is C14H20N4O3. The fourth-order valence-electron chi connectivity index (χ4n) is 3.61. The van der Waals surface area contributed by atoms with Gasteiger partial charge in [-0.1, -0.05) is 5.10 Å². The van der Waals surface area contributed by atoms with Gasteiger partial charge in [0.15, 0.2) is 0 Å². The first-order chi connectivity index (χ1) is 10.2. The molecule has 1 saturated carbocycles. The average molecular weight is 292 g/mol. The summed E-state index contributed by atoms with van der Waals surface area (Å²) in [4.78, 5) is 14.3. The number of amides is 1. The van der Waals surface area contributed by atoms with Gasteiger partial charge in [-0.05, 0) is 38.5 Å². The van der Waals surface area contributed by atoms with Crippen molar-refractivity contribution in [3.8, 4) is 0 Å². The number of fused-ring (bicyclic) bond motifs is 2. The number of aromatic nitrogens is 2. The number of nitrogens with one attached hydrogen (secondary N) is 1. The Hall–Kier alpha value is -1.47. The number of piperidine rings is 1. The van der Waals surface area contributed by atoms with Gasteiger partial charge in [0.05, 0.1) is 12.6 Å². The van der Waals surface area contributed by atoms with E-state index in [0.717, 1.165) is 38.5 Å². The van der Waals surface area contributed by atoms with Crippen LogP contribution in [0.2, 0.25) is 0 Å². The Labute approximate surface area is 122 Å². The van der Waals surface area contributed by atoms with Crippen LogP contribution in [-0.4, -0.2) is 50.8 Å². The van der Waals surface area contributed by atoms with Crippen molar-refractivity contribution in [1.29, 1.82) is 0 Å². The summed E-state index contributed by atoms with van der Waals surface area (Å²) in [5.41, 5.74) is 0. The summed E-state index contributed by atoms with van der Waals surface area (Å²) in [5, 5.41) is 20.3. The molecule has 1 amide bonds. The molecular weight excluding hydrogens is 272 g/mol. The minimum Gasteiger partial charge on any atom is -0.408 e. The fraction of sp³-hybridized carbons (Fsp3) is 0.786. The van der Waals surface area contributed by atoms with Crippen LogP contribution in [0.5, 0.6) is 0 Å². The topological polar surface area (TPSA) is 91.5 Å². The molecule has 2 aliphatic heterocycles. The number of carbonyl (C=O) groups is 1. The van der Waals surface area contributed by atoms with E-state index in [1.807, 2.05) is 0 Å². The summed E-state index contributed by atoms with van der Waals surface area (Å²) < 4.78 is 5.44. The highest BCUT2D eigenvalue weighted by Gasteiger charge is 2.40. The van der Waals surface area contributed by atoms with Crippen LogP contribution < -0.4 is 5.32 Å². The standard InChI is InChI=1S/C14H20N4O3/c19-11-5-9-3-4-10(6-11)18(9)7-12(20)15-14-17-16-13(21-14)8-1-2-8/h8-11,19H,1-7H2,(H,15,17,20). The molecule has 7 heteroatoms. The summed E-state index contributed by atoms with van der Waals surface area (Å²) in [6.07, 6.45) is 5.66. The van der Waals surface area contributed by atoms with Crippen molar-refractivity contribution < 1.29 is 14.3 Å². The summed E-state index contributed by atoms with van der Waals surface area (Å²) in [6, 6.07) is 0.856. The Bertz CT molecular complexity index is 528. The number of nitrogens with zero attached hydrogens (tertiary/aromatic N) is 3. The molecule has 2 unspecified atom stereocenters. The summed E-state index contributed by atoms with van der Waals surface area (Å²) in [7, 11) is 0. The molecule has 2 N–H and O–H groups in total. The fourth-order valence-corrected chi connectivity index (χ4v) is 3.61. The smallest absolute Gasteiger partial charge is 0.322 e. The maximum Gasteiger partial charge on any atom is 0.322 e. The number of anilines is 1. The molecule has 4 rings (SSSR count). The van der Waals surface area contributed by atoms with E-state index in [4.69, 9.17) is 4.42 Å². The number of aliphatic hydroxyl groups is 1. The molecule has 2 saturated heterocycles. The van der Waals surface area contributed by atoms with Crippen LogP contribution in [0.1, 0.15) is 50.3 Å². The van der Waals surface area contributed by atoms with E-state index < -0.39 is 0 Å². The maximum absolute atomic E-state index is 12.1. The predicted molar refractivity (Wildman–Crippen MR) is 73.7 cm³/mol. The van der Waals surface area contributed by atoms with E-state index in [2.05, 4.69) is 20.4 Å². The van der Waals surface area contributed by atoms with E-state index in [1.54, 1.807) is 0 Å². The Kier molecular flexibility index (Phi) is 3.19. The molecule has 114 valence electrons.